The lowest BCUT2D eigenvalue weighted by molar-refractivity contribution is -0.116. The van der Waals surface area contributed by atoms with E-state index in [4.69, 9.17) is 5.26 Å². The molecule has 100 valence electrons. The topological polar surface area (TPSA) is 57.8 Å². The molecule has 1 aromatic carbocycles. The Labute approximate surface area is 130 Å². The van der Waals surface area contributed by atoms with Crippen LogP contribution >= 0.6 is 22.6 Å². The van der Waals surface area contributed by atoms with Gasteiger partial charge in [0.2, 0.25) is 0 Å². The van der Waals surface area contributed by atoms with Crippen molar-refractivity contribution in [2.75, 3.05) is 7.05 Å². The van der Waals surface area contributed by atoms with Gasteiger partial charge in [0.15, 0.2) is 0 Å². The first-order valence-electron chi connectivity index (χ1n) is 5.93. The van der Waals surface area contributed by atoms with E-state index in [1.165, 1.54) is 7.05 Å². The molecule has 0 aliphatic heterocycles. The number of nitrogens with zero attached hydrogens (tertiary/aromatic N) is 2. The van der Waals surface area contributed by atoms with Crippen molar-refractivity contribution in [3.8, 4) is 11.8 Å². The lowest BCUT2D eigenvalue weighted by Crippen LogP contribution is -2.19. The number of aromatic nitrogens is 1. The molecule has 5 heteroatoms. The van der Waals surface area contributed by atoms with Crippen molar-refractivity contribution < 1.29 is 4.79 Å². The molecular formula is C15H12IN3O. The SMILES string of the molecule is CNC(=O)/C(C#N)=C\c1cccn1-c1ccc(I)cc1. The number of rotatable bonds is 3. The highest BCUT2D eigenvalue weighted by Gasteiger charge is 2.08. The first kappa shape index (κ1) is 14.3. The average Bonchev–Trinajstić information content (AvgIpc) is 2.93. The third-order valence-electron chi connectivity index (χ3n) is 2.77. The summed E-state index contributed by atoms with van der Waals surface area (Å²) in [4.78, 5) is 11.5. The van der Waals surface area contributed by atoms with E-state index in [1.54, 1.807) is 6.08 Å². The molecule has 2 aromatic rings. The Kier molecular flexibility index (Phi) is 4.58. The van der Waals surface area contributed by atoms with Gasteiger partial charge in [0, 0.05) is 28.2 Å². The molecule has 0 fully saturated rings. The molecule has 20 heavy (non-hydrogen) atoms. The number of halogens is 1. The van der Waals surface area contributed by atoms with Gasteiger partial charge in [0.05, 0.1) is 0 Å². The predicted molar refractivity (Wildman–Crippen MR) is 86.1 cm³/mol. The molecule has 0 aliphatic rings. The van der Waals surface area contributed by atoms with Crippen LogP contribution in [0.25, 0.3) is 11.8 Å². The Hall–Kier alpha value is -2.07. The first-order chi connectivity index (χ1) is 9.65. The third-order valence-corrected chi connectivity index (χ3v) is 3.49. The zero-order valence-corrected chi connectivity index (χ0v) is 13.0. The number of likely N-dealkylation sites (N-methyl/N-ethyl adjacent to an activating group) is 1. The summed E-state index contributed by atoms with van der Waals surface area (Å²) < 4.78 is 3.08. The van der Waals surface area contributed by atoms with E-state index < -0.39 is 0 Å². The lowest BCUT2D eigenvalue weighted by atomic mass is 10.2. The number of hydrogen-bond acceptors (Lipinski definition) is 2. The number of nitrogens with one attached hydrogen (secondary N) is 1. The molecule has 0 saturated carbocycles. The van der Waals surface area contributed by atoms with Crippen LogP contribution in [0.4, 0.5) is 0 Å². The number of carbonyl (C=O) groups excluding carboxylic acids is 1. The second-order valence-corrected chi connectivity index (χ2v) is 5.27. The van der Waals surface area contributed by atoms with Gasteiger partial charge in [0.25, 0.3) is 5.91 Å². The fourth-order valence-electron chi connectivity index (χ4n) is 1.78. The van der Waals surface area contributed by atoms with Crippen LogP contribution in [0.15, 0.2) is 48.2 Å². The Morgan fingerprint density at radius 2 is 2.05 bits per heavy atom. The molecule has 1 N–H and O–H groups in total. The normalized spacial score (nSPS) is 10.9. The summed E-state index contributed by atoms with van der Waals surface area (Å²) in [5, 5.41) is 11.5. The van der Waals surface area contributed by atoms with Crippen molar-refractivity contribution >= 4 is 34.6 Å². The molecule has 2 rings (SSSR count). The van der Waals surface area contributed by atoms with Gasteiger partial charge in [-0.3, -0.25) is 4.79 Å². The maximum absolute atomic E-state index is 11.5. The Balaban J connectivity index is 2.43. The summed E-state index contributed by atoms with van der Waals surface area (Å²) in [6.07, 6.45) is 3.48. The van der Waals surface area contributed by atoms with Crippen LogP contribution < -0.4 is 5.32 Å². The second-order valence-electron chi connectivity index (χ2n) is 4.03. The average molecular weight is 377 g/mol. The molecule has 0 spiro atoms. The van der Waals surface area contributed by atoms with Crippen molar-refractivity contribution in [3.63, 3.8) is 0 Å². The standard InChI is InChI=1S/C15H12IN3O/c1-18-15(20)11(10-17)9-14-3-2-8-19(14)13-6-4-12(16)5-7-13/h2-9H,1H3,(H,18,20)/b11-9-. The summed E-state index contributed by atoms with van der Waals surface area (Å²) >= 11 is 2.25. The number of carbonyl (C=O) groups is 1. The van der Waals surface area contributed by atoms with E-state index in [2.05, 4.69) is 27.9 Å². The van der Waals surface area contributed by atoms with E-state index in [9.17, 15) is 4.79 Å². The highest BCUT2D eigenvalue weighted by Crippen LogP contribution is 2.17. The quantitative estimate of drug-likeness (QED) is 0.508. The fraction of sp³-hybridized carbons (Fsp3) is 0.0667. The van der Waals surface area contributed by atoms with E-state index >= 15 is 0 Å². The maximum Gasteiger partial charge on any atom is 0.261 e. The predicted octanol–water partition coefficient (Wildman–Crippen LogP) is 2.73. The smallest absolute Gasteiger partial charge is 0.261 e. The number of amides is 1. The molecule has 0 bridgehead atoms. The summed E-state index contributed by atoms with van der Waals surface area (Å²) in [7, 11) is 1.51. The maximum atomic E-state index is 11.5. The molecule has 0 aliphatic carbocycles. The molecule has 0 radical (unpaired) electrons. The molecule has 1 amide bonds. The van der Waals surface area contributed by atoms with Gasteiger partial charge in [-0.05, 0) is 65.1 Å². The Morgan fingerprint density at radius 3 is 2.65 bits per heavy atom. The van der Waals surface area contributed by atoms with Crippen LogP contribution in [0.5, 0.6) is 0 Å². The highest BCUT2D eigenvalue weighted by atomic mass is 127. The second kappa shape index (κ2) is 6.39. The largest absolute Gasteiger partial charge is 0.354 e. The van der Waals surface area contributed by atoms with Crippen molar-refractivity contribution in [2.45, 2.75) is 0 Å². The fourth-order valence-corrected chi connectivity index (χ4v) is 2.14. The Morgan fingerprint density at radius 1 is 1.35 bits per heavy atom. The van der Waals surface area contributed by atoms with Crippen LogP contribution in [0.1, 0.15) is 5.69 Å². The van der Waals surface area contributed by atoms with Gasteiger partial charge >= 0.3 is 0 Å². The van der Waals surface area contributed by atoms with Crippen LogP contribution in [0.3, 0.4) is 0 Å². The number of benzene rings is 1. The number of hydrogen-bond donors (Lipinski definition) is 1. The van der Waals surface area contributed by atoms with Gasteiger partial charge < -0.3 is 9.88 Å². The summed E-state index contributed by atoms with van der Waals surface area (Å²) in [6.45, 7) is 0. The molecule has 4 nitrogen and oxygen atoms in total. The van der Waals surface area contributed by atoms with Crippen LogP contribution in [-0.2, 0) is 4.79 Å². The van der Waals surface area contributed by atoms with Crippen LogP contribution in [0, 0.1) is 14.9 Å². The Bertz CT molecular complexity index is 693. The van der Waals surface area contributed by atoms with E-state index in [1.807, 2.05) is 53.2 Å². The summed E-state index contributed by atoms with van der Waals surface area (Å²) in [5.74, 6) is -0.386. The van der Waals surface area contributed by atoms with Crippen molar-refractivity contribution in [1.82, 2.24) is 9.88 Å². The first-order valence-corrected chi connectivity index (χ1v) is 7.00. The zero-order chi connectivity index (χ0) is 14.5. The highest BCUT2D eigenvalue weighted by molar-refractivity contribution is 14.1. The minimum Gasteiger partial charge on any atom is -0.354 e. The minimum absolute atomic E-state index is 0.0814. The third kappa shape index (κ3) is 3.08. The van der Waals surface area contributed by atoms with Gasteiger partial charge in [-0.2, -0.15) is 5.26 Å². The summed E-state index contributed by atoms with van der Waals surface area (Å²) in [5.41, 5.74) is 1.85. The lowest BCUT2D eigenvalue weighted by Gasteiger charge is -2.07. The van der Waals surface area contributed by atoms with E-state index in [0.717, 1.165) is 15.0 Å². The van der Waals surface area contributed by atoms with Crippen LogP contribution in [-0.4, -0.2) is 17.5 Å². The van der Waals surface area contributed by atoms with Gasteiger partial charge in [-0.15, -0.1) is 0 Å². The van der Waals surface area contributed by atoms with Gasteiger partial charge in [0.1, 0.15) is 11.6 Å². The van der Waals surface area contributed by atoms with E-state index in [0.29, 0.717) is 0 Å². The van der Waals surface area contributed by atoms with Crippen molar-refractivity contribution in [3.05, 3.63) is 57.4 Å². The van der Waals surface area contributed by atoms with Gasteiger partial charge in [-0.1, -0.05) is 0 Å². The molecular weight excluding hydrogens is 365 g/mol. The van der Waals surface area contributed by atoms with Gasteiger partial charge in [-0.25, -0.2) is 0 Å². The molecule has 1 heterocycles. The number of nitriles is 1. The van der Waals surface area contributed by atoms with Crippen molar-refractivity contribution in [1.29, 1.82) is 5.26 Å². The molecule has 0 unspecified atom stereocenters. The van der Waals surface area contributed by atoms with Crippen molar-refractivity contribution in [2.24, 2.45) is 0 Å². The zero-order valence-electron chi connectivity index (χ0n) is 10.8. The summed E-state index contributed by atoms with van der Waals surface area (Å²) in [6, 6.07) is 13.6. The molecule has 0 atom stereocenters. The monoisotopic (exact) mass is 377 g/mol. The minimum atomic E-state index is -0.386. The van der Waals surface area contributed by atoms with E-state index in [-0.39, 0.29) is 11.5 Å². The molecule has 0 saturated heterocycles. The van der Waals surface area contributed by atoms with Crippen LogP contribution in [0.2, 0.25) is 0 Å². The molecule has 1 aromatic heterocycles.